The van der Waals surface area contributed by atoms with E-state index in [9.17, 15) is 28.0 Å². The maximum Gasteiger partial charge on any atom is 0.399 e. The first-order chi connectivity index (χ1) is 18.9. The summed E-state index contributed by atoms with van der Waals surface area (Å²) in [5.41, 5.74) is 6.62. The summed E-state index contributed by atoms with van der Waals surface area (Å²) in [5, 5.41) is 12.2. The zero-order chi connectivity index (χ0) is 29.2. The highest BCUT2D eigenvalue weighted by molar-refractivity contribution is 6.48. The van der Waals surface area contributed by atoms with Crippen molar-refractivity contribution in [3.8, 4) is 6.07 Å². The summed E-state index contributed by atoms with van der Waals surface area (Å²) < 4.78 is 41.5. The van der Waals surface area contributed by atoms with Crippen molar-refractivity contribution in [2.45, 2.75) is 37.8 Å². The summed E-state index contributed by atoms with van der Waals surface area (Å²) in [7, 11) is 0. The van der Waals surface area contributed by atoms with Gasteiger partial charge >= 0.3 is 6.18 Å². The van der Waals surface area contributed by atoms with Gasteiger partial charge in [0, 0.05) is 11.8 Å². The molecule has 0 heterocycles. The molecule has 0 aromatic heterocycles. The molecule has 3 N–H and O–H groups in total. The Kier molecular flexibility index (Phi) is 8.98. The van der Waals surface area contributed by atoms with E-state index in [0.717, 1.165) is 23.1 Å². The molecule has 0 aliphatic heterocycles. The van der Waals surface area contributed by atoms with E-state index in [2.05, 4.69) is 10.3 Å². The van der Waals surface area contributed by atoms with Crippen LogP contribution in [-0.2, 0) is 9.59 Å². The maximum atomic E-state index is 13.8. The number of aliphatic imine (C=N–C) groups is 1. The first-order valence-electron chi connectivity index (χ1n) is 12.3. The Hall–Kier alpha value is -3.26. The van der Waals surface area contributed by atoms with Gasteiger partial charge in [-0.15, -0.1) is 0 Å². The van der Waals surface area contributed by atoms with Crippen molar-refractivity contribution < 1.29 is 22.8 Å². The van der Waals surface area contributed by atoms with E-state index >= 15 is 0 Å². The standard InChI is InChI=1S/C27H23Cl3F3N5O2/c28-20-10-17(11-21(29)23(20)30)19(27(31,32)33)7-1-14-2-8-22(18(9-14)12-34)36-13-37-26(35)38(24(39)15-3-4-15)25(40)16-5-6-16/h1-2,7-11,15-16,19,36H,3-6,13H2,(H2,35,37)/b7-1+. The predicted octanol–water partition coefficient (Wildman–Crippen LogP) is 6.74. The van der Waals surface area contributed by atoms with Crippen molar-refractivity contribution in [2.24, 2.45) is 22.6 Å². The van der Waals surface area contributed by atoms with Crippen LogP contribution in [0.2, 0.25) is 15.1 Å². The van der Waals surface area contributed by atoms with Crippen LogP contribution in [0.25, 0.3) is 6.08 Å². The van der Waals surface area contributed by atoms with Gasteiger partial charge in [-0.2, -0.15) is 18.4 Å². The summed E-state index contributed by atoms with van der Waals surface area (Å²) in [6.07, 6.45) is 0.343. The van der Waals surface area contributed by atoms with Crippen LogP contribution < -0.4 is 11.1 Å². The Morgan fingerprint density at radius 3 is 2.17 bits per heavy atom. The van der Waals surface area contributed by atoms with Crippen LogP contribution in [0.4, 0.5) is 18.9 Å². The van der Waals surface area contributed by atoms with Gasteiger partial charge in [0.25, 0.3) is 0 Å². The Labute approximate surface area is 243 Å². The Bertz CT molecular complexity index is 1380. The van der Waals surface area contributed by atoms with E-state index < -0.39 is 12.1 Å². The SMILES string of the molecule is N#Cc1cc(/C=C/C(c2cc(Cl)c(Cl)c(Cl)c2)C(F)(F)F)ccc1NC/N=C(\N)N(C(=O)C1CC1)C(=O)C1CC1. The van der Waals surface area contributed by atoms with Crippen LogP contribution >= 0.6 is 34.8 Å². The number of guanidine groups is 1. The predicted molar refractivity (Wildman–Crippen MR) is 148 cm³/mol. The average molecular weight is 613 g/mol. The Morgan fingerprint density at radius 2 is 1.68 bits per heavy atom. The number of nitrogens with two attached hydrogens (primary N) is 1. The van der Waals surface area contributed by atoms with Crippen molar-refractivity contribution in [3.05, 3.63) is 68.2 Å². The summed E-state index contributed by atoms with van der Waals surface area (Å²) in [6.45, 7) is -0.143. The first-order valence-corrected chi connectivity index (χ1v) is 13.4. The van der Waals surface area contributed by atoms with Gasteiger partial charge in [0.15, 0.2) is 0 Å². The molecule has 2 fully saturated rings. The highest BCUT2D eigenvalue weighted by Gasteiger charge is 2.43. The lowest BCUT2D eigenvalue weighted by Gasteiger charge is -2.20. The zero-order valence-electron chi connectivity index (χ0n) is 20.8. The van der Waals surface area contributed by atoms with E-state index in [0.29, 0.717) is 36.9 Å². The molecule has 2 aromatic rings. The number of nitriles is 1. The third-order valence-corrected chi connectivity index (χ3v) is 7.59. The van der Waals surface area contributed by atoms with Gasteiger partial charge in [0.1, 0.15) is 12.7 Å². The van der Waals surface area contributed by atoms with Crippen LogP contribution in [0.5, 0.6) is 0 Å². The largest absolute Gasteiger partial charge is 0.399 e. The number of hydrogen-bond acceptors (Lipinski definition) is 5. The molecule has 2 aromatic carbocycles. The van der Waals surface area contributed by atoms with Crippen LogP contribution in [0.1, 0.15) is 48.3 Å². The number of carbonyl (C=O) groups excluding carboxylic acids is 2. The molecule has 0 spiro atoms. The molecule has 0 bridgehead atoms. The number of amides is 2. The minimum atomic E-state index is -4.65. The molecule has 40 heavy (non-hydrogen) atoms. The van der Waals surface area contributed by atoms with Gasteiger partial charge in [-0.05, 0) is 61.1 Å². The van der Waals surface area contributed by atoms with E-state index in [1.165, 1.54) is 24.3 Å². The minimum Gasteiger partial charge on any atom is -0.369 e. The first kappa shape index (κ1) is 29.7. The molecular weight excluding hydrogens is 590 g/mol. The number of nitrogens with one attached hydrogen (secondary N) is 1. The molecule has 2 saturated carbocycles. The van der Waals surface area contributed by atoms with Crippen LogP contribution in [-0.4, -0.2) is 35.5 Å². The monoisotopic (exact) mass is 611 g/mol. The summed E-state index contributed by atoms with van der Waals surface area (Å²) in [4.78, 5) is 30.2. The number of anilines is 1. The minimum absolute atomic E-state index is 0.0402. The Balaban J connectivity index is 1.48. The average Bonchev–Trinajstić information content (AvgIpc) is 3.80. The lowest BCUT2D eigenvalue weighted by Crippen LogP contribution is -2.47. The number of imide groups is 1. The fraction of sp³-hybridized carbons (Fsp3) is 0.333. The van der Waals surface area contributed by atoms with Crippen molar-refractivity contribution in [1.82, 2.24) is 4.90 Å². The number of benzene rings is 2. The molecule has 1 atom stereocenters. The second kappa shape index (κ2) is 12.1. The molecule has 4 rings (SSSR count). The number of halogens is 6. The highest BCUT2D eigenvalue weighted by atomic mass is 35.5. The van der Waals surface area contributed by atoms with Gasteiger partial charge < -0.3 is 11.1 Å². The van der Waals surface area contributed by atoms with E-state index in [4.69, 9.17) is 40.5 Å². The number of alkyl halides is 3. The molecule has 13 heteroatoms. The molecular formula is C27H23Cl3F3N5O2. The van der Waals surface area contributed by atoms with Gasteiger partial charge in [0.05, 0.1) is 32.2 Å². The maximum absolute atomic E-state index is 13.8. The summed E-state index contributed by atoms with van der Waals surface area (Å²) in [6, 6.07) is 8.62. The van der Waals surface area contributed by atoms with Gasteiger partial charge in [-0.1, -0.05) is 53.0 Å². The molecule has 0 radical (unpaired) electrons. The lowest BCUT2D eigenvalue weighted by atomic mass is 9.96. The Morgan fingerprint density at radius 1 is 1.10 bits per heavy atom. The second-order valence-corrected chi connectivity index (χ2v) is 10.7. The number of carbonyl (C=O) groups is 2. The molecule has 1 unspecified atom stereocenters. The number of allylic oxidation sites excluding steroid dienone is 1. The fourth-order valence-corrected chi connectivity index (χ4v) is 4.53. The van der Waals surface area contributed by atoms with Crippen molar-refractivity contribution in [1.29, 1.82) is 5.26 Å². The van der Waals surface area contributed by atoms with Gasteiger partial charge in [-0.25, -0.2) is 9.89 Å². The fourth-order valence-electron chi connectivity index (χ4n) is 3.92. The molecule has 2 amide bonds. The quantitative estimate of drug-likeness (QED) is 0.148. The molecule has 2 aliphatic rings. The lowest BCUT2D eigenvalue weighted by molar-refractivity contribution is -0.141. The van der Waals surface area contributed by atoms with Gasteiger partial charge in [-0.3, -0.25) is 9.59 Å². The molecule has 7 nitrogen and oxygen atoms in total. The third-order valence-electron chi connectivity index (χ3n) is 6.40. The summed E-state index contributed by atoms with van der Waals surface area (Å²) >= 11 is 17.7. The zero-order valence-corrected chi connectivity index (χ0v) is 23.1. The molecule has 0 saturated heterocycles. The number of hydrogen-bond donors (Lipinski definition) is 2. The van der Waals surface area contributed by atoms with Crippen molar-refractivity contribution in [2.75, 3.05) is 12.0 Å². The molecule has 2 aliphatic carbocycles. The van der Waals surface area contributed by atoms with Crippen LogP contribution in [0.15, 0.2) is 41.4 Å². The van der Waals surface area contributed by atoms with Crippen molar-refractivity contribution in [3.63, 3.8) is 0 Å². The van der Waals surface area contributed by atoms with Gasteiger partial charge in [0.2, 0.25) is 17.8 Å². The third kappa shape index (κ3) is 7.08. The van der Waals surface area contributed by atoms with Crippen LogP contribution in [0, 0.1) is 23.2 Å². The number of rotatable bonds is 8. The van der Waals surface area contributed by atoms with Crippen molar-refractivity contribution >= 4 is 64.3 Å². The van der Waals surface area contributed by atoms with E-state index in [1.54, 1.807) is 0 Å². The number of nitrogens with zero attached hydrogens (tertiary/aromatic N) is 3. The smallest absolute Gasteiger partial charge is 0.369 e. The summed E-state index contributed by atoms with van der Waals surface area (Å²) in [5.74, 6) is -3.40. The second-order valence-electron chi connectivity index (χ2n) is 9.51. The molecule has 210 valence electrons. The normalized spacial score (nSPS) is 16.5. The van der Waals surface area contributed by atoms with E-state index in [1.807, 2.05) is 6.07 Å². The van der Waals surface area contributed by atoms with Crippen LogP contribution in [0.3, 0.4) is 0 Å². The van der Waals surface area contributed by atoms with E-state index in [-0.39, 0.29) is 62.5 Å². The highest BCUT2D eigenvalue weighted by Crippen LogP contribution is 2.41. The topological polar surface area (TPSA) is 112 Å².